The lowest BCUT2D eigenvalue weighted by molar-refractivity contribution is -0.146. The van der Waals surface area contributed by atoms with Gasteiger partial charge >= 0.3 is 0 Å². The summed E-state index contributed by atoms with van der Waals surface area (Å²) in [4.78, 5) is 31.4. The van der Waals surface area contributed by atoms with Crippen molar-refractivity contribution in [1.82, 2.24) is 15.0 Å². The number of aromatic nitrogens is 3. The molecule has 0 saturated carbocycles. The van der Waals surface area contributed by atoms with Gasteiger partial charge in [0.1, 0.15) is 11.8 Å². The number of piperidine rings is 1. The predicted molar refractivity (Wildman–Crippen MR) is 181 cm³/mol. The molecule has 2 amide bonds. The van der Waals surface area contributed by atoms with E-state index < -0.39 is 35.2 Å². The van der Waals surface area contributed by atoms with Crippen molar-refractivity contribution in [3.05, 3.63) is 107 Å². The molecule has 2 saturated heterocycles. The van der Waals surface area contributed by atoms with E-state index in [2.05, 4.69) is 10.3 Å². The summed E-state index contributed by atoms with van der Waals surface area (Å²) in [5, 5.41) is 31.0. The van der Waals surface area contributed by atoms with Gasteiger partial charge in [0.05, 0.1) is 30.1 Å². The summed E-state index contributed by atoms with van der Waals surface area (Å²) in [5.41, 5.74) is 1.89. The van der Waals surface area contributed by atoms with E-state index in [0.29, 0.717) is 38.2 Å². The van der Waals surface area contributed by atoms with Crippen molar-refractivity contribution in [2.45, 2.75) is 83.0 Å². The SMILES string of the molecule is C[C@H]1[C@H](C(C)(C)O)[C@@H](CCn2cc([C@H](O)c3ccccc3)nn2)O[C@]12C(=O)N(Cc1ccccc1)c1ccc(N3CCCCC3=O)cc12. The third-order valence-corrected chi connectivity index (χ3v) is 10.4. The Hall–Kier alpha value is -4.38. The van der Waals surface area contributed by atoms with Crippen molar-refractivity contribution in [3.8, 4) is 0 Å². The summed E-state index contributed by atoms with van der Waals surface area (Å²) in [7, 11) is 0. The zero-order chi connectivity index (χ0) is 33.6. The molecule has 3 aromatic carbocycles. The Labute approximate surface area is 280 Å². The lowest BCUT2D eigenvalue weighted by atomic mass is 9.70. The summed E-state index contributed by atoms with van der Waals surface area (Å²) in [6.07, 6.45) is 3.08. The first-order chi connectivity index (χ1) is 23.1. The van der Waals surface area contributed by atoms with Crippen LogP contribution in [-0.4, -0.2) is 55.3 Å². The molecule has 0 radical (unpaired) electrons. The van der Waals surface area contributed by atoms with Gasteiger partial charge in [-0.2, -0.15) is 0 Å². The lowest BCUT2D eigenvalue weighted by Gasteiger charge is -2.34. The number of rotatable bonds is 9. The molecule has 3 aliphatic heterocycles. The first-order valence-corrected chi connectivity index (χ1v) is 16.9. The van der Waals surface area contributed by atoms with E-state index in [9.17, 15) is 19.8 Å². The van der Waals surface area contributed by atoms with Gasteiger partial charge < -0.3 is 24.7 Å². The molecular formula is C38H43N5O5. The molecule has 250 valence electrons. The number of benzene rings is 3. The second-order valence-electron chi connectivity index (χ2n) is 13.9. The number of aryl methyl sites for hydroxylation is 1. The van der Waals surface area contributed by atoms with E-state index >= 15 is 0 Å². The van der Waals surface area contributed by atoms with Crippen LogP contribution in [0.3, 0.4) is 0 Å². The Morgan fingerprint density at radius 3 is 2.46 bits per heavy atom. The van der Waals surface area contributed by atoms with Crippen LogP contribution in [-0.2, 0) is 33.0 Å². The molecule has 48 heavy (non-hydrogen) atoms. The standard InChI is InChI=1S/C38H43N5O5/c1-25-34(37(2,3)47)32(19-21-41-24-30(39-40-41)35(45)27-14-8-5-9-15-27)48-38(25)29-22-28(42-20-11-10-16-33(42)44)17-18-31(29)43(36(38)46)23-26-12-6-4-7-13-26/h4-9,12-15,17-18,22,24-25,32,34-35,45,47H,10-11,16,19-21,23H2,1-3H3/t25-,32+,34-,35+,38+/m0/s1. The molecule has 4 heterocycles. The second-order valence-corrected chi connectivity index (χ2v) is 13.9. The molecular weight excluding hydrogens is 606 g/mol. The van der Waals surface area contributed by atoms with E-state index in [4.69, 9.17) is 4.74 Å². The van der Waals surface area contributed by atoms with Gasteiger partial charge in [-0.25, -0.2) is 0 Å². The lowest BCUT2D eigenvalue weighted by Crippen LogP contribution is -2.46. The second kappa shape index (κ2) is 12.6. The van der Waals surface area contributed by atoms with Crippen LogP contribution in [0.25, 0.3) is 0 Å². The van der Waals surface area contributed by atoms with Crippen molar-refractivity contribution in [2.75, 3.05) is 16.3 Å². The summed E-state index contributed by atoms with van der Waals surface area (Å²) in [5.74, 6) is -0.878. The van der Waals surface area contributed by atoms with Gasteiger partial charge in [0.25, 0.3) is 5.91 Å². The molecule has 4 aromatic rings. The first-order valence-electron chi connectivity index (χ1n) is 16.9. The summed E-state index contributed by atoms with van der Waals surface area (Å²) >= 11 is 0. The monoisotopic (exact) mass is 649 g/mol. The zero-order valence-corrected chi connectivity index (χ0v) is 27.7. The molecule has 0 aliphatic carbocycles. The Morgan fingerprint density at radius 2 is 1.75 bits per heavy atom. The number of aliphatic hydroxyl groups excluding tert-OH is 1. The van der Waals surface area contributed by atoms with Crippen LogP contribution >= 0.6 is 0 Å². The normalized spacial score (nSPS) is 24.8. The molecule has 5 atom stereocenters. The molecule has 0 unspecified atom stereocenters. The largest absolute Gasteiger partial charge is 0.390 e. The summed E-state index contributed by atoms with van der Waals surface area (Å²) in [6.45, 7) is 6.97. The predicted octanol–water partition coefficient (Wildman–Crippen LogP) is 5.13. The quantitative estimate of drug-likeness (QED) is 0.258. The van der Waals surface area contributed by atoms with Crippen molar-refractivity contribution in [3.63, 3.8) is 0 Å². The molecule has 2 fully saturated rings. The number of nitrogens with zero attached hydrogens (tertiary/aromatic N) is 5. The molecule has 1 spiro atoms. The maximum absolute atomic E-state index is 14.8. The van der Waals surface area contributed by atoms with Gasteiger partial charge in [-0.05, 0) is 62.4 Å². The van der Waals surface area contributed by atoms with Crippen LogP contribution in [0.15, 0.2) is 85.1 Å². The molecule has 1 aromatic heterocycles. The van der Waals surface area contributed by atoms with Crippen molar-refractivity contribution < 1.29 is 24.5 Å². The van der Waals surface area contributed by atoms with E-state index in [-0.39, 0.29) is 11.8 Å². The van der Waals surface area contributed by atoms with Crippen molar-refractivity contribution in [2.24, 2.45) is 11.8 Å². The minimum atomic E-state index is -1.36. The third kappa shape index (κ3) is 5.61. The van der Waals surface area contributed by atoms with Crippen LogP contribution < -0.4 is 9.80 Å². The van der Waals surface area contributed by atoms with E-state index in [1.165, 1.54) is 0 Å². The highest BCUT2D eigenvalue weighted by atomic mass is 16.5. The zero-order valence-electron chi connectivity index (χ0n) is 27.7. The fraction of sp³-hybridized carbons (Fsp3) is 0.421. The van der Waals surface area contributed by atoms with Crippen molar-refractivity contribution in [1.29, 1.82) is 0 Å². The number of carbonyl (C=O) groups excluding carboxylic acids is 2. The minimum Gasteiger partial charge on any atom is -0.390 e. The van der Waals surface area contributed by atoms with Crippen molar-refractivity contribution >= 4 is 23.2 Å². The number of carbonyl (C=O) groups is 2. The highest BCUT2D eigenvalue weighted by Crippen LogP contribution is 2.58. The van der Waals surface area contributed by atoms with Crippen LogP contribution in [0.1, 0.15) is 74.9 Å². The highest BCUT2D eigenvalue weighted by molar-refractivity contribution is 6.08. The Balaban J connectivity index is 1.23. The molecule has 10 heteroatoms. The van der Waals surface area contributed by atoms with Gasteiger partial charge in [0.2, 0.25) is 5.91 Å². The Kier molecular flexibility index (Phi) is 8.43. The third-order valence-electron chi connectivity index (χ3n) is 10.4. The topological polar surface area (TPSA) is 121 Å². The van der Waals surface area contributed by atoms with Crippen LogP contribution in [0.4, 0.5) is 11.4 Å². The number of hydrogen-bond acceptors (Lipinski definition) is 7. The minimum absolute atomic E-state index is 0.0814. The van der Waals surface area contributed by atoms with Crippen LogP contribution in [0.5, 0.6) is 0 Å². The fourth-order valence-electron chi connectivity index (χ4n) is 8.12. The number of aliphatic hydroxyl groups is 2. The van der Waals surface area contributed by atoms with E-state index in [0.717, 1.165) is 40.9 Å². The van der Waals surface area contributed by atoms with Gasteiger partial charge in [-0.15, -0.1) is 5.10 Å². The fourth-order valence-corrected chi connectivity index (χ4v) is 8.12. The molecule has 2 N–H and O–H groups in total. The van der Waals surface area contributed by atoms with Crippen LogP contribution in [0, 0.1) is 11.8 Å². The van der Waals surface area contributed by atoms with Gasteiger partial charge in [0.15, 0.2) is 5.60 Å². The Morgan fingerprint density at radius 1 is 1.02 bits per heavy atom. The average molecular weight is 650 g/mol. The number of hydrogen-bond donors (Lipinski definition) is 2. The van der Waals surface area contributed by atoms with E-state index in [1.807, 2.05) is 90.7 Å². The molecule has 7 rings (SSSR count). The number of fused-ring (bicyclic) bond motifs is 2. The molecule has 3 aliphatic rings. The average Bonchev–Trinajstić information content (AvgIpc) is 3.75. The maximum atomic E-state index is 14.8. The van der Waals surface area contributed by atoms with E-state index in [1.54, 1.807) is 29.6 Å². The number of anilines is 2. The van der Waals surface area contributed by atoms with Gasteiger partial charge in [-0.1, -0.05) is 72.8 Å². The van der Waals surface area contributed by atoms with Crippen LogP contribution in [0.2, 0.25) is 0 Å². The molecule has 10 nitrogen and oxygen atoms in total. The molecule has 0 bridgehead atoms. The van der Waals surface area contributed by atoms with Gasteiger partial charge in [-0.3, -0.25) is 14.3 Å². The first kappa shape index (κ1) is 32.2. The highest BCUT2D eigenvalue weighted by Gasteiger charge is 2.65. The Bertz CT molecular complexity index is 1790. The maximum Gasteiger partial charge on any atom is 0.264 e. The number of ether oxygens (including phenoxy) is 1. The summed E-state index contributed by atoms with van der Waals surface area (Å²) in [6, 6.07) is 25.0. The smallest absolute Gasteiger partial charge is 0.264 e. The number of amides is 2. The van der Waals surface area contributed by atoms with Gasteiger partial charge in [0, 0.05) is 42.6 Å². The summed E-state index contributed by atoms with van der Waals surface area (Å²) < 4.78 is 8.69.